The molecule has 0 bridgehead atoms. The largest absolute Gasteiger partial charge is 0.453 e. The van der Waals surface area contributed by atoms with Crippen molar-refractivity contribution in [2.75, 3.05) is 0 Å². The van der Waals surface area contributed by atoms with Gasteiger partial charge in [-0.3, -0.25) is 0 Å². The lowest BCUT2D eigenvalue weighted by atomic mass is 9.94. The Kier molecular flexibility index (Phi) is 4.80. The zero-order valence-corrected chi connectivity index (χ0v) is 9.17. The number of ether oxygens (including phenoxy) is 1. The van der Waals surface area contributed by atoms with Crippen LogP contribution in [0.25, 0.3) is 0 Å². The van der Waals surface area contributed by atoms with Gasteiger partial charge in [0, 0.05) is 5.57 Å². The van der Waals surface area contributed by atoms with Gasteiger partial charge < -0.3 is 16.2 Å². The summed E-state index contributed by atoms with van der Waals surface area (Å²) in [5.74, 6) is -0.436. The van der Waals surface area contributed by atoms with E-state index in [1.165, 1.54) is 0 Å². The quantitative estimate of drug-likeness (QED) is 0.393. The van der Waals surface area contributed by atoms with Crippen LogP contribution in [0, 0.1) is 0 Å². The van der Waals surface area contributed by atoms with Crippen LogP contribution in [0.2, 0.25) is 0 Å². The van der Waals surface area contributed by atoms with Crippen molar-refractivity contribution in [2.24, 2.45) is 11.5 Å². The number of carbonyl (C=O) groups excluding carboxylic acids is 1. The molecule has 0 heterocycles. The van der Waals surface area contributed by atoms with Crippen molar-refractivity contribution in [1.82, 2.24) is 0 Å². The summed E-state index contributed by atoms with van der Waals surface area (Å²) in [4.78, 5) is 11.3. The molecule has 0 saturated carbocycles. The fourth-order valence-electron chi connectivity index (χ4n) is 1.21. The number of esters is 1. The van der Waals surface area contributed by atoms with Gasteiger partial charge >= 0.3 is 5.97 Å². The van der Waals surface area contributed by atoms with Crippen LogP contribution >= 0.6 is 0 Å². The van der Waals surface area contributed by atoms with E-state index in [0.29, 0.717) is 18.4 Å². The first-order chi connectivity index (χ1) is 6.39. The van der Waals surface area contributed by atoms with E-state index >= 15 is 0 Å². The van der Waals surface area contributed by atoms with Gasteiger partial charge in [0.25, 0.3) is 0 Å². The van der Waals surface area contributed by atoms with Crippen LogP contribution < -0.4 is 11.5 Å². The predicted octanol–water partition coefficient (Wildman–Crippen LogP) is 0.908. The number of hydrogen-bond acceptors (Lipinski definition) is 4. The maximum atomic E-state index is 11.3. The highest BCUT2D eigenvalue weighted by Crippen LogP contribution is 2.22. The summed E-state index contributed by atoms with van der Waals surface area (Å²) in [6.07, 6.45) is 0.529. The average molecular weight is 200 g/mol. The molecule has 4 nitrogen and oxygen atoms in total. The Labute approximate surface area is 85.3 Å². The molecule has 82 valence electrons. The number of hydrogen-bond donors (Lipinski definition) is 2. The van der Waals surface area contributed by atoms with Crippen LogP contribution in [0.1, 0.15) is 33.6 Å². The van der Waals surface area contributed by atoms with Gasteiger partial charge in [-0.2, -0.15) is 0 Å². The molecule has 0 aliphatic rings. The first kappa shape index (κ1) is 13.1. The average Bonchev–Trinajstić information content (AvgIpc) is 2.13. The van der Waals surface area contributed by atoms with E-state index in [1.54, 1.807) is 6.92 Å². The molecular weight excluding hydrogens is 180 g/mol. The number of nitrogens with two attached hydrogens (primary N) is 2. The lowest BCUT2D eigenvalue weighted by molar-refractivity contribution is -0.158. The third kappa shape index (κ3) is 2.82. The molecule has 0 unspecified atom stereocenters. The molecule has 0 spiro atoms. The van der Waals surface area contributed by atoms with Crippen molar-refractivity contribution in [1.29, 1.82) is 0 Å². The molecule has 0 saturated heterocycles. The van der Waals surface area contributed by atoms with Crippen LogP contribution in [-0.4, -0.2) is 17.7 Å². The van der Waals surface area contributed by atoms with Gasteiger partial charge in [-0.15, -0.1) is 0 Å². The molecular formula is C10H20N2O2. The van der Waals surface area contributed by atoms with Gasteiger partial charge in [-0.1, -0.05) is 20.4 Å². The molecule has 14 heavy (non-hydrogen) atoms. The van der Waals surface area contributed by atoms with Crippen LogP contribution in [0.4, 0.5) is 0 Å². The molecule has 0 aromatic rings. The third-order valence-corrected chi connectivity index (χ3v) is 2.45. The van der Waals surface area contributed by atoms with Crippen molar-refractivity contribution >= 4 is 5.97 Å². The van der Waals surface area contributed by atoms with E-state index in [9.17, 15) is 4.79 Å². The van der Waals surface area contributed by atoms with Crippen molar-refractivity contribution in [3.8, 4) is 0 Å². The predicted molar refractivity (Wildman–Crippen MR) is 56.4 cm³/mol. The smallest absolute Gasteiger partial charge is 0.333 e. The second-order valence-corrected chi connectivity index (χ2v) is 3.47. The van der Waals surface area contributed by atoms with E-state index in [4.69, 9.17) is 16.2 Å². The molecule has 0 amide bonds. The van der Waals surface area contributed by atoms with Gasteiger partial charge in [-0.05, 0) is 19.8 Å². The summed E-state index contributed by atoms with van der Waals surface area (Å²) in [6.45, 7) is 8.89. The molecule has 0 aromatic heterocycles. The second kappa shape index (κ2) is 5.12. The van der Waals surface area contributed by atoms with Crippen molar-refractivity contribution in [3.63, 3.8) is 0 Å². The second-order valence-electron chi connectivity index (χ2n) is 3.47. The summed E-state index contributed by atoms with van der Waals surface area (Å²) in [7, 11) is 0. The van der Waals surface area contributed by atoms with E-state index in [1.807, 2.05) is 13.8 Å². The molecule has 4 N–H and O–H groups in total. The minimum Gasteiger partial charge on any atom is -0.453 e. The first-order valence-corrected chi connectivity index (χ1v) is 4.79. The summed E-state index contributed by atoms with van der Waals surface area (Å²) < 4.78 is 5.27. The molecule has 4 heteroatoms. The van der Waals surface area contributed by atoms with Gasteiger partial charge in [0.2, 0.25) is 0 Å². The van der Waals surface area contributed by atoms with Gasteiger partial charge in [0.05, 0.1) is 6.17 Å². The van der Waals surface area contributed by atoms with Crippen molar-refractivity contribution < 1.29 is 9.53 Å². The van der Waals surface area contributed by atoms with E-state index in [2.05, 4.69) is 6.58 Å². The van der Waals surface area contributed by atoms with Crippen LogP contribution in [-0.2, 0) is 9.53 Å². The fourth-order valence-corrected chi connectivity index (χ4v) is 1.21. The third-order valence-electron chi connectivity index (χ3n) is 2.45. The topological polar surface area (TPSA) is 78.3 Å². The Bertz CT molecular complexity index is 220. The van der Waals surface area contributed by atoms with Crippen molar-refractivity contribution in [2.45, 2.75) is 45.4 Å². The Morgan fingerprint density at radius 2 is 1.86 bits per heavy atom. The first-order valence-electron chi connectivity index (χ1n) is 4.79. The maximum Gasteiger partial charge on any atom is 0.333 e. The highest BCUT2D eigenvalue weighted by molar-refractivity contribution is 5.87. The molecule has 0 aliphatic heterocycles. The lowest BCUT2D eigenvalue weighted by Crippen LogP contribution is -2.55. The maximum absolute atomic E-state index is 11.3. The van der Waals surface area contributed by atoms with Crippen LogP contribution in [0.3, 0.4) is 0 Å². The molecule has 0 fully saturated rings. The van der Waals surface area contributed by atoms with Crippen LogP contribution in [0.5, 0.6) is 0 Å². The minimum atomic E-state index is -0.768. The zero-order chi connectivity index (χ0) is 11.4. The van der Waals surface area contributed by atoms with E-state index < -0.39 is 17.7 Å². The lowest BCUT2D eigenvalue weighted by Gasteiger charge is -2.34. The zero-order valence-electron chi connectivity index (χ0n) is 9.17. The Balaban J connectivity index is 4.67. The highest BCUT2D eigenvalue weighted by Gasteiger charge is 2.35. The molecule has 0 aromatic carbocycles. The Morgan fingerprint density at radius 1 is 1.43 bits per heavy atom. The van der Waals surface area contributed by atoms with Crippen LogP contribution in [0.15, 0.2) is 12.2 Å². The summed E-state index contributed by atoms with van der Waals surface area (Å²) in [5, 5.41) is 0. The van der Waals surface area contributed by atoms with Gasteiger partial charge in [0.1, 0.15) is 5.60 Å². The summed E-state index contributed by atoms with van der Waals surface area (Å²) in [5.41, 5.74) is 10.8. The molecule has 0 rings (SSSR count). The van der Waals surface area contributed by atoms with Gasteiger partial charge in [-0.25, -0.2) is 4.79 Å². The minimum absolute atomic E-state index is 0.358. The molecule has 0 aliphatic carbocycles. The standard InChI is InChI=1S/C10H20N2O2/c1-5-10(6-2,9(11)12)14-8(13)7(3)4/h9H,3,5-6,11-12H2,1-2,4H3. The fraction of sp³-hybridized carbons (Fsp3) is 0.700. The Morgan fingerprint density at radius 3 is 2.07 bits per heavy atom. The van der Waals surface area contributed by atoms with Gasteiger partial charge in [0.15, 0.2) is 0 Å². The van der Waals surface area contributed by atoms with E-state index in [-0.39, 0.29) is 0 Å². The van der Waals surface area contributed by atoms with E-state index in [0.717, 1.165) is 0 Å². The SMILES string of the molecule is C=C(C)C(=O)OC(CC)(CC)C(N)N. The number of carbonyl (C=O) groups is 1. The summed E-state index contributed by atoms with van der Waals surface area (Å²) in [6, 6.07) is 0. The Hall–Kier alpha value is -0.870. The summed E-state index contributed by atoms with van der Waals surface area (Å²) >= 11 is 0. The normalized spacial score (nSPS) is 11.6. The highest BCUT2D eigenvalue weighted by atomic mass is 16.6. The monoisotopic (exact) mass is 200 g/mol. The van der Waals surface area contributed by atoms with Crippen molar-refractivity contribution in [3.05, 3.63) is 12.2 Å². The number of rotatable bonds is 5. The molecule has 0 atom stereocenters. The molecule has 0 radical (unpaired) electrons.